The van der Waals surface area contributed by atoms with Gasteiger partial charge < -0.3 is 5.32 Å². The lowest BCUT2D eigenvalue weighted by Crippen LogP contribution is -1.98. The Balaban J connectivity index is 1.62. The van der Waals surface area contributed by atoms with Crippen LogP contribution in [-0.4, -0.2) is 4.98 Å². The molecule has 1 N–H and O–H groups in total. The van der Waals surface area contributed by atoms with Gasteiger partial charge in [0.2, 0.25) is 0 Å². The van der Waals surface area contributed by atoms with Crippen LogP contribution in [0.5, 0.6) is 0 Å². The van der Waals surface area contributed by atoms with Crippen LogP contribution in [0.3, 0.4) is 0 Å². The van der Waals surface area contributed by atoms with Crippen molar-refractivity contribution in [2.75, 3.05) is 5.32 Å². The van der Waals surface area contributed by atoms with Crippen molar-refractivity contribution in [2.24, 2.45) is 0 Å². The Morgan fingerprint density at radius 2 is 1.00 bits per heavy atom. The van der Waals surface area contributed by atoms with Crippen molar-refractivity contribution in [3.63, 3.8) is 0 Å². The van der Waals surface area contributed by atoms with Gasteiger partial charge in [0.25, 0.3) is 0 Å². The zero-order valence-corrected chi connectivity index (χ0v) is 23.6. The molecule has 0 atom stereocenters. The average Bonchev–Trinajstić information content (AvgIpc) is 3.01. The van der Waals surface area contributed by atoms with E-state index in [1.807, 2.05) is 18.2 Å². The molecule has 5 rings (SSSR count). The lowest BCUT2D eigenvalue weighted by Gasteiger charge is -2.16. The van der Waals surface area contributed by atoms with Crippen LogP contribution < -0.4 is 5.32 Å². The van der Waals surface area contributed by atoms with Crippen molar-refractivity contribution in [1.82, 2.24) is 4.98 Å². The third-order valence-corrected chi connectivity index (χ3v) is 7.58. The topological polar surface area (TPSA) is 24.9 Å². The monoisotopic (exact) mass is 510 g/mol. The van der Waals surface area contributed by atoms with Crippen LogP contribution >= 0.6 is 0 Å². The maximum atomic E-state index is 5.29. The number of hydrogen-bond acceptors (Lipinski definition) is 2. The zero-order valence-electron chi connectivity index (χ0n) is 23.6. The van der Waals surface area contributed by atoms with Crippen molar-refractivity contribution in [2.45, 2.75) is 53.4 Å². The van der Waals surface area contributed by atoms with Gasteiger partial charge in [0.1, 0.15) is 0 Å². The molecule has 0 bridgehead atoms. The standard InChI is InChI=1S/C37H38N2/c1-5-26-14-20-34(28(7-3)22-26)36-24-31(25-37(39-36)35-21-15-27(6-2)23-29(35)8-4)30-16-18-33(19-17-30)38-32-12-10-9-11-13-32/h9-25,38H,5-8H2,1-4H3. The van der Waals surface area contributed by atoms with Gasteiger partial charge in [-0.1, -0.05) is 94.4 Å². The molecular weight excluding hydrogens is 472 g/mol. The predicted molar refractivity (Wildman–Crippen MR) is 168 cm³/mol. The van der Waals surface area contributed by atoms with Gasteiger partial charge in [-0.05, 0) is 95.5 Å². The molecular formula is C37H38N2. The largest absolute Gasteiger partial charge is 0.356 e. The van der Waals surface area contributed by atoms with Crippen LogP contribution in [0, 0.1) is 0 Å². The Morgan fingerprint density at radius 1 is 0.487 bits per heavy atom. The SMILES string of the molecule is CCc1ccc(-c2cc(-c3ccc(Nc4ccccc4)cc3)cc(-c3ccc(CC)cc3CC)n2)c(CC)c1. The minimum absolute atomic E-state index is 0.982. The normalized spacial score (nSPS) is 11.0. The molecule has 1 heterocycles. The van der Waals surface area contributed by atoms with Crippen LogP contribution in [0.4, 0.5) is 11.4 Å². The van der Waals surface area contributed by atoms with E-state index in [2.05, 4.69) is 118 Å². The van der Waals surface area contributed by atoms with Gasteiger partial charge in [0.15, 0.2) is 0 Å². The summed E-state index contributed by atoms with van der Waals surface area (Å²) in [4.78, 5) is 5.29. The number of nitrogens with one attached hydrogen (secondary N) is 1. The zero-order chi connectivity index (χ0) is 27.2. The lowest BCUT2D eigenvalue weighted by atomic mass is 9.93. The van der Waals surface area contributed by atoms with Gasteiger partial charge in [0.05, 0.1) is 11.4 Å². The fourth-order valence-corrected chi connectivity index (χ4v) is 5.23. The highest BCUT2D eigenvalue weighted by molar-refractivity contribution is 5.79. The van der Waals surface area contributed by atoms with Gasteiger partial charge >= 0.3 is 0 Å². The second-order valence-corrected chi connectivity index (χ2v) is 10.1. The number of anilines is 2. The summed E-state index contributed by atoms with van der Waals surface area (Å²) in [6.45, 7) is 8.91. The number of benzene rings is 4. The third-order valence-electron chi connectivity index (χ3n) is 7.58. The van der Waals surface area contributed by atoms with E-state index in [-0.39, 0.29) is 0 Å². The smallest absolute Gasteiger partial charge is 0.0718 e. The summed E-state index contributed by atoms with van der Waals surface area (Å²) in [7, 11) is 0. The van der Waals surface area contributed by atoms with Crippen molar-refractivity contribution in [3.05, 3.63) is 125 Å². The molecule has 39 heavy (non-hydrogen) atoms. The fraction of sp³-hybridized carbons (Fsp3) is 0.216. The Hall–Kier alpha value is -4.17. The highest BCUT2D eigenvalue weighted by Gasteiger charge is 2.14. The molecule has 2 nitrogen and oxygen atoms in total. The summed E-state index contributed by atoms with van der Waals surface area (Å²) in [6, 6.07) is 37.3. The molecule has 0 saturated heterocycles. The molecule has 0 aliphatic rings. The molecule has 196 valence electrons. The molecule has 0 radical (unpaired) electrons. The van der Waals surface area contributed by atoms with Crippen LogP contribution in [0.2, 0.25) is 0 Å². The van der Waals surface area contributed by atoms with Crippen molar-refractivity contribution in [1.29, 1.82) is 0 Å². The Kier molecular flexibility index (Phi) is 8.22. The molecule has 0 aliphatic heterocycles. The summed E-state index contributed by atoms with van der Waals surface area (Å²) < 4.78 is 0. The van der Waals surface area contributed by atoms with E-state index in [0.29, 0.717) is 0 Å². The molecule has 0 saturated carbocycles. The van der Waals surface area contributed by atoms with E-state index in [9.17, 15) is 0 Å². The number of para-hydroxylation sites is 1. The van der Waals surface area contributed by atoms with E-state index in [4.69, 9.17) is 4.98 Å². The summed E-state index contributed by atoms with van der Waals surface area (Å²) >= 11 is 0. The third kappa shape index (κ3) is 5.96. The highest BCUT2D eigenvalue weighted by Crippen LogP contribution is 2.34. The molecule has 0 unspecified atom stereocenters. The van der Waals surface area contributed by atoms with Crippen molar-refractivity contribution >= 4 is 11.4 Å². The molecule has 1 aromatic heterocycles. The molecule has 0 spiro atoms. The first-order chi connectivity index (χ1) is 19.1. The highest BCUT2D eigenvalue weighted by atomic mass is 14.9. The van der Waals surface area contributed by atoms with E-state index in [0.717, 1.165) is 48.4 Å². The van der Waals surface area contributed by atoms with E-state index in [1.54, 1.807) is 0 Å². The Labute approximate surface area is 233 Å². The van der Waals surface area contributed by atoms with Gasteiger partial charge in [-0.3, -0.25) is 0 Å². The molecule has 0 amide bonds. The van der Waals surface area contributed by atoms with Crippen molar-refractivity contribution < 1.29 is 0 Å². The first-order valence-electron chi connectivity index (χ1n) is 14.3. The Bertz CT molecular complexity index is 1480. The molecule has 0 aliphatic carbocycles. The predicted octanol–water partition coefficient (Wildman–Crippen LogP) is 10.1. The maximum Gasteiger partial charge on any atom is 0.0718 e. The second kappa shape index (κ2) is 12.1. The number of aromatic nitrogens is 1. The number of hydrogen-bond donors (Lipinski definition) is 1. The molecule has 4 aromatic carbocycles. The molecule has 5 aromatic rings. The number of nitrogens with zero attached hydrogens (tertiary/aromatic N) is 1. The lowest BCUT2D eigenvalue weighted by molar-refractivity contribution is 1.08. The first-order valence-corrected chi connectivity index (χ1v) is 14.3. The summed E-state index contributed by atoms with van der Waals surface area (Å²) in [5, 5.41) is 3.50. The van der Waals surface area contributed by atoms with Crippen LogP contribution in [0.15, 0.2) is 103 Å². The van der Waals surface area contributed by atoms with Gasteiger partial charge in [0, 0.05) is 22.5 Å². The van der Waals surface area contributed by atoms with Crippen molar-refractivity contribution in [3.8, 4) is 33.6 Å². The van der Waals surface area contributed by atoms with Crippen LogP contribution in [-0.2, 0) is 25.7 Å². The first kappa shape index (κ1) is 26.4. The minimum Gasteiger partial charge on any atom is -0.356 e. The fourth-order valence-electron chi connectivity index (χ4n) is 5.23. The van der Waals surface area contributed by atoms with Gasteiger partial charge in [-0.25, -0.2) is 4.98 Å². The number of aryl methyl sites for hydroxylation is 4. The second-order valence-electron chi connectivity index (χ2n) is 10.1. The molecule has 0 fully saturated rings. The Morgan fingerprint density at radius 3 is 1.49 bits per heavy atom. The van der Waals surface area contributed by atoms with E-state index in [1.165, 1.54) is 44.5 Å². The summed E-state index contributed by atoms with van der Waals surface area (Å²) in [5.41, 5.74) is 14.5. The molecule has 2 heteroatoms. The van der Waals surface area contributed by atoms with Gasteiger partial charge in [-0.2, -0.15) is 0 Å². The summed E-state index contributed by atoms with van der Waals surface area (Å²) in [6.07, 6.45) is 4.04. The number of rotatable bonds is 9. The quantitative estimate of drug-likeness (QED) is 0.213. The van der Waals surface area contributed by atoms with Crippen LogP contribution in [0.25, 0.3) is 33.6 Å². The van der Waals surface area contributed by atoms with E-state index < -0.39 is 0 Å². The average molecular weight is 511 g/mol. The minimum atomic E-state index is 0.982. The van der Waals surface area contributed by atoms with Gasteiger partial charge in [-0.15, -0.1) is 0 Å². The maximum absolute atomic E-state index is 5.29. The summed E-state index contributed by atoms with van der Waals surface area (Å²) in [5.74, 6) is 0. The van der Waals surface area contributed by atoms with E-state index >= 15 is 0 Å². The number of pyridine rings is 1. The van der Waals surface area contributed by atoms with Crippen LogP contribution in [0.1, 0.15) is 49.9 Å².